The lowest BCUT2D eigenvalue weighted by Crippen LogP contribution is -2.34. The highest BCUT2D eigenvalue weighted by molar-refractivity contribution is 7.99. The number of benzene rings is 1. The molecule has 4 rings (SSSR count). The third kappa shape index (κ3) is 4.91. The highest BCUT2D eigenvalue weighted by atomic mass is 32.2. The van der Waals surface area contributed by atoms with E-state index in [4.69, 9.17) is 0 Å². The average molecular weight is 418 g/mol. The van der Waals surface area contributed by atoms with Gasteiger partial charge in [-0.15, -0.1) is 10.2 Å². The van der Waals surface area contributed by atoms with E-state index in [0.717, 1.165) is 48.5 Å². The SMILES string of the molecule is Cc1ccc(CNC(=O)CSc2nnc(N3CCC(C)CC3)n2C2CC2)cc1F. The molecule has 2 heterocycles. The topological polar surface area (TPSA) is 63.1 Å². The molecule has 2 aliphatic rings. The van der Waals surface area contributed by atoms with Crippen LogP contribution in [0.1, 0.15) is 49.8 Å². The fourth-order valence-corrected chi connectivity index (χ4v) is 4.40. The van der Waals surface area contributed by atoms with Crippen LogP contribution in [0.15, 0.2) is 23.4 Å². The number of carbonyl (C=O) groups excluding carboxylic acids is 1. The molecule has 156 valence electrons. The summed E-state index contributed by atoms with van der Waals surface area (Å²) in [4.78, 5) is 14.6. The molecule has 1 aliphatic heterocycles. The molecule has 2 fully saturated rings. The van der Waals surface area contributed by atoms with Crippen LogP contribution in [0.2, 0.25) is 0 Å². The molecule has 0 radical (unpaired) electrons. The molecule has 1 aromatic heterocycles. The Hall–Kier alpha value is -2.09. The van der Waals surface area contributed by atoms with E-state index >= 15 is 0 Å². The second-order valence-corrected chi connectivity index (χ2v) is 9.14. The van der Waals surface area contributed by atoms with Crippen LogP contribution in [-0.2, 0) is 11.3 Å². The fourth-order valence-electron chi connectivity index (χ4n) is 3.57. The van der Waals surface area contributed by atoms with Crippen LogP contribution in [0.3, 0.4) is 0 Å². The Morgan fingerprint density at radius 3 is 2.69 bits per heavy atom. The van der Waals surface area contributed by atoms with Crippen molar-refractivity contribution in [2.75, 3.05) is 23.7 Å². The highest BCUT2D eigenvalue weighted by Crippen LogP contribution is 2.41. The predicted molar refractivity (Wildman–Crippen MR) is 113 cm³/mol. The highest BCUT2D eigenvalue weighted by Gasteiger charge is 2.32. The number of anilines is 1. The smallest absolute Gasteiger partial charge is 0.230 e. The molecule has 29 heavy (non-hydrogen) atoms. The van der Waals surface area contributed by atoms with E-state index in [1.54, 1.807) is 13.0 Å². The third-order valence-electron chi connectivity index (χ3n) is 5.68. The first-order chi connectivity index (χ1) is 14.0. The Labute approximate surface area is 175 Å². The van der Waals surface area contributed by atoms with Crippen molar-refractivity contribution in [3.05, 3.63) is 35.1 Å². The zero-order valence-corrected chi connectivity index (χ0v) is 17.8. The van der Waals surface area contributed by atoms with Crippen LogP contribution < -0.4 is 10.2 Å². The van der Waals surface area contributed by atoms with Gasteiger partial charge < -0.3 is 10.2 Å². The van der Waals surface area contributed by atoms with Crippen LogP contribution in [0.25, 0.3) is 0 Å². The summed E-state index contributed by atoms with van der Waals surface area (Å²) in [7, 11) is 0. The molecule has 1 saturated heterocycles. The lowest BCUT2D eigenvalue weighted by atomic mass is 10.00. The number of thioether (sulfide) groups is 1. The van der Waals surface area contributed by atoms with E-state index in [-0.39, 0.29) is 17.5 Å². The van der Waals surface area contributed by atoms with Gasteiger partial charge in [-0.2, -0.15) is 0 Å². The van der Waals surface area contributed by atoms with E-state index < -0.39 is 0 Å². The molecule has 1 N–H and O–H groups in total. The van der Waals surface area contributed by atoms with Crippen LogP contribution in [0.4, 0.5) is 10.3 Å². The van der Waals surface area contributed by atoms with Crippen LogP contribution in [0, 0.1) is 18.7 Å². The summed E-state index contributed by atoms with van der Waals surface area (Å²) in [6.45, 7) is 6.38. The summed E-state index contributed by atoms with van der Waals surface area (Å²) in [5.41, 5.74) is 1.36. The third-order valence-corrected chi connectivity index (χ3v) is 6.63. The maximum Gasteiger partial charge on any atom is 0.230 e. The van der Waals surface area contributed by atoms with Crippen molar-refractivity contribution < 1.29 is 9.18 Å². The van der Waals surface area contributed by atoms with Crippen LogP contribution in [-0.4, -0.2) is 39.5 Å². The molecule has 0 atom stereocenters. The summed E-state index contributed by atoms with van der Waals surface area (Å²) < 4.78 is 15.9. The van der Waals surface area contributed by atoms with Gasteiger partial charge in [0, 0.05) is 25.7 Å². The van der Waals surface area contributed by atoms with Gasteiger partial charge in [0.15, 0.2) is 5.16 Å². The van der Waals surface area contributed by atoms with Gasteiger partial charge in [0.25, 0.3) is 0 Å². The molecule has 6 nitrogen and oxygen atoms in total. The first kappa shape index (κ1) is 20.2. The van der Waals surface area contributed by atoms with Gasteiger partial charge in [-0.05, 0) is 55.7 Å². The van der Waals surface area contributed by atoms with Gasteiger partial charge in [-0.1, -0.05) is 30.8 Å². The number of carbonyl (C=O) groups is 1. The van der Waals surface area contributed by atoms with E-state index in [1.165, 1.54) is 30.7 Å². The summed E-state index contributed by atoms with van der Waals surface area (Å²) in [5, 5.41) is 12.5. The summed E-state index contributed by atoms with van der Waals surface area (Å²) in [5.74, 6) is 1.66. The molecule has 0 spiro atoms. The fraction of sp³-hybridized carbons (Fsp3) is 0.571. The number of hydrogen-bond donors (Lipinski definition) is 1. The maximum absolute atomic E-state index is 13.6. The van der Waals surface area contributed by atoms with E-state index in [2.05, 4.69) is 31.9 Å². The monoisotopic (exact) mass is 417 g/mol. The van der Waals surface area contributed by atoms with Crippen molar-refractivity contribution in [3.8, 4) is 0 Å². The lowest BCUT2D eigenvalue weighted by Gasteiger charge is -2.31. The number of nitrogens with zero attached hydrogens (tertiary/aromatic N) is 4. The first-order valence-electron chi connectivity index (χ1n) is 10.4. The van der Waals surface area contributed by atoms with Crippen molar-refractivity contribution in [1.82, 2.24) is 20.1 Å². The first-order valence-corrected chi connectivity index (χ1v) is 11.3. The molecule has 1 amide bonds. The quantitative estimate of drug-likeness (QED) is 0.696. The Kier molecular flexibility index (Phi) is 6.08. The van der Waals surface area contributed by atoms with E-state index in [9.17, 15) is 9.18 Å². The van der Waals surface area contributed by atoms with Crippen LogP contribution >= 0.6 is 11.8 Å². The van der Waals surface area contributed by atoms with Crippen molar-refractivity contribution in [2.45, 2.75) is 57.3 Å². The maximum atomic E-state index is 13.6. The Morgan fingerprint density at radius 2 is 2.00 bits per heavy atom. The second-order valence-electron chi connectivity index (χ2n) is 8.20. The van der Waals surface area contributed by atoms with Crippen molar-refractivity contribution in [1.29, 1.82) is 0 Å². The largest absolute Gasteiger partial charge is 0.351 e. The number of halogens is 1. The summed E-state index contributed by atoms with van der Waals surface area (Å²) >= 11 is 1.43. The molecule has 0 bridgehead atoms. The Bertz CT molecular complexity index is 874. The molecule has 2 aromatic rings. The lowest BCUT2D eigenvalue weighted by molar-refractivity contribution is -0.118. The molecule has 1 saturated carbocycles. The van der Waals surface area contributed by atoms with Crippen LogP contribution in [0.5, 0.6) is 0 Å². The second kappa shape index (κ2) is 8.73. The average Bonchev–Trinajstić information content (AvgIpc) is 3.47. The zero-order chi connectivity index (χ0) is 20.4. The minimum atomic E-state index is -0.247. The van der Waals surface area contributed by atoms with E-state index in [0.29, 0.717) is 18.2 Å². The number of amides is 1. The standard InChI is InChI=1S/C21H28FN5OS/c1-14-7-9-26(10-8-14)20-24-25-21(27(20)17-5-6-17)29-13-19(28)23-12-16-4-3-15(2)18(22)11-16/h3-4,11,14,17H,5-10,12-13H2,1-2H3,(H,23,28). The van der Waals surface area contributed by atoms with Gasteiger partial charge in [-0.25, -0.2) is 4.39 Å². The predicted octanol–water partition coefficient (Wildman–Crippen LogP) is 3.71. The number of aromatic nitrogens is 3. The van der Waals surface area contributed by atoms with Crippen molar-refractivity contribution in [3.63, 3.8) is 0 Å². The van der Waals surface area contributed by atoms with Gasteiger partial charge in [0.1, 0.15) is 5.82 Å². The van der Waals surface area contributed by atoms with Crippen molar-refractivity contribution >= 4 is 23.6 Å². The van der Waals surface area contributed by atoms with Gasteiger partial charge in [0.05, 0.1) is 5.75 Å². The summed E-state index contributed by atoms with van der Waals surface area (Å²) in [6.07, 6.45) is 4.66. The van der Waals surface area contributed by atoms with Gasteiger partial charge in [-0.3, -0.25) is 9.36 Å². The number of aryl methyl sites for hydroxylation is 1. The minimum Gasteiger partial charge on any atom is -0.351 e. The zero-order valence-electron chi connectivity index (χ0n) is 17.0. The molecular formula is C21H28FN5OS. The molecule has 0 unspecified atom stereocenters. The molecule has 8 heteroatoms. The number of rotatable bonds is 7. The van der Waals surface area contributed by atoms with Crippen molar-refractivity contribution in [2.24, 2.45) is 5.92 Å². The number of hydrogen-bond acceptors (Lipinski definition) is 5. The Morgan fingerprint density at radius 1 is 1.24 bits per heavy atom. The number of nitrogens with one attached hydrogen (secondary N) is 1. The Balaban J connectivity index is 1.34. The summed E-state index contributed by atoms with van der Waals surface area (Å²) in [6, 6.07) is 5.49. The molecule has 1 aliphatic carbocycles. The minimum absolute atomic E-state index is 0.0883. The van der Waals surface area contributed by atoms with Gasteiger partial charge in [0.2, 0.25) is 11.9 Å². The number of piperidine rings is 1. The molecule has 1 aromatic carbocycles. The molecular weight excluding hydrogens is 389 g/mol. The normalized spacial score (nSPS) is 17.6. The van der Waals surface area contributed by atoms with E-state index in [1.807, 2.05) is 6.07 Å². The van der Waals surface area contributed by atoms with Gasteiger partial charge >= 0.3 is 0 Å².